The zero-order chi connectivity index (χ0) is 12.5. The van der Waals surface area contributed by atoms with Crippen molar-refractivity contribution in [2.24, 2.45) is 0 Å². The van der Waals surface area contributed by atoms with Gasteiger partial charge < -0.3 is 4.74 Å². The number of benzene rings is 1. The molecule has 3 nitrogen and oxygen atoms in total. The molecule has 1 saturated carbocycles. The zero-order valence-electron chi connectivity index (χ0n) is 9.88. The van der Waals surface area contributed by atoms with Crippen LogP contribution in [0.2, 0.25) is 0 Å². The van der Waals surface area contributed by atoms with Gasteiger partial charge in [0.2, 0.25) is 0 Å². The maximum absolute atomic E-state index is 6.19. The quantitative estimate of drug-likeness (QED) is 0.718. The number of hydrogen-bond acceptors (Lipinski definition) is 2. The molecule has 0 atom stereocenters. The Balaban J connectivity index is 1.96. The highest BCUT2D eigenvalue weighted by atomic mass is 127. The molecule has 1 heterocycles. The second-order valence-corrected chi connectivity index (χ2v) is 6.71. The van der Waals surface area contributed by atoms with Gasteiger partial charge in [-0.15, -0.1) is 0 Å². The van der Waals surface area contributed by atoms with Gasteiger partial charge in [0.15, 0.2) is 0 Å². The normalized spacial score (nSPS) is 17.2. The molecular weight excluding hydrogens is 407 g/mol. The number of rotatable bonds is 2. The van der Waals surface area contributed by atoms with Gasteiger partial charge in [-0.05, 0) is 60.4 Å². The van der Waals surface area contributed by atoms with Crippen molar-refractivity contribution in [3.05, 3.63) is 20.3 Å². The summed E-state index contributed by atoms with van der Waals surface area (Å²) in [5.41, 5.74) is 0.958. The summed E-state index contributed by atoms with van der Waals surface area (Å²) in [5.74, 6) is 0.949. The number of H-pyrrole nitrogens is 1. The van der Waals surface area contributed by atoms with Crippen molar-refractivity contribution < 1.29 is 4.74 Å². The lowest BCUT2D eigenvalue weighted by atomic mass is 9.98. The fourth-order valence-corrected chi connectivity index (χ4v) is 3.59. The Bertz CT molecular complexity index is 563. The van der Waals surface area contributed by atoms with E-state index in [1.165, 1.54) is 32.1 Å². The van der Waals surface area contributed by atoms with Gasteiger partial charge in [0.25, 0.3) is 0 Å². The minimum atomic E-state index is 0.363. The van der Waals surface area contributed by atoms with Crippen molar-refractivity contribution in [1.29, 1.82) is 0 Å². The predicted molar refractivity (Wildman–Crippen MR) is 84.0 cm³/mol. The molecule has 1 aromatic heterocycles. The molecule has 1 aliphatic rings. The number of nitrogens with one attached hydrogen (secondary N) is 1. The molecule has 1 fully saturated rings. The molecule has 96 valence electrons. The molecule has 1 aliphatic carbocycles. The van der Waals surface area contributed by atoms with E-state index < -0.39 is 0 Å². The highest BCUT2D eigenvalue weighted by molar-refractivity contribution is 14.1. The summed E-state index contributed by atoms with van der Waals surface area (Å²) in [6.07, 6.45) is 6.61. The largest absolute Gasteiger partial charge is 0.490 e. The Morgan fingerprint density at radius 2 is 2.06 bits per heavy atom. The van der Waals surface area contributed by atoms with Gasteiger partial charge >= 0.3 is 0 Å². The third kappa shape index (κ3) is 2.52. The molecular formula is C13H14BrIN2O. The van der Waals surface area contributed by atoms with Gasteiger partial charge in [-0.25, -0.2) is 0 Å². The first-order valence-corrected chi connectivity index (χ1v) is 8.11. The Hall–Kier alpha value is -0.300. The van der Waals surface area contributed by atoms with Gasteiger partial charge in [-0.3, -0.25) is 5.10 Å². The molecule has 3 rings (SSSR count). The number of halogens is 2. The van der Waals surface area contributed by atoms with E-state index in [0.29, 0.717) is 6.10 Å². The average Bonchev–Trinajstić information content (AvgIpc) is 2.72. The van der Waals surface area contributed by atoms with E-state index in [1.54, 1.807) is 0 Å². The average molecular weight is 421 g/mol. The predicted octanol–water partition coefficient (Wildman–Crippen LogP) is 4.64. The van der Waals surface area contributed by atoms with Crippen molar-refractivity contribution in [3.8, 4) is 5.75 Å². The van der Waals surface area contributed by atoms with Gasteiger partial charge in [0, 0.05) is 4.47 Å². The van der Waals surface area contributed by atoms with Crippen molar-refractivity contribution in [2.45, 2.75) is 38.2 Å². The molecule has 0 spiro atoms. The number of fused-ring (bicyclic) bond motifs is 1. The summed E-state index contributed by atoms with van der Waals surface area (Å²) in [7, 11) is 0. The Morgan fingerprint density at radius 3 is 2.83 bits per heavy atom. The summed E-state index contributed by atoms with van der Waals surface area (Å²) in [6, 6.07) is 4.07. The van der Waals surface area contributed by atoms with Crippen LogP contribution in [-0.2, 0) is 0 Å². The molecule has 5 heteroatoms. The van der Waals surface area contributed by atoms with E-state index >= 15 is 0 Å². The van der Waals surface area contributed by atoms with E-state index in [2.05, 4.69) is 54.8 Å². The number of aromatic nitrogens is 2. The van der Waals surface area contributed by atoms with Crippen LogP contribution in [-0.4, -0.2) is 16.3 Å². The minimum absolute atomic E-state index is 0.363. The van der Waals surface area contributed by atoms with Crippen LogP contribution in [0.3, 0.4) is 0 Å². The fraction of sp³-hybridized carbons (Fsp3) is 0.462. The van der Waals surface area contributed by atoms with E-state index in [9.17, 15) is 0 Å². The van der Waals surface area contributed by atoms with E-state index in [4.69, 9.17) is 4.74 Å². The second kappa shape index (κ2) is 5.36. The first-order chi connectivity index (χ1) is 8.74. The van der Waals surface area contributed by atoms with Gasteiger partial charge in [0.05, 0.1) is 17.0 Å². The molecule has 0 saturated heterocycles. The van der Waals surface area contributed by atoms with Crippen molar-refractivity contribution in [1.82, 2.24) is 10.2 Å². The van der Waals surface area contributed by atoms with E-state index in [-0.39, 0.29) is 0 Å². The number of aromatic amines is 1. The molecule has 1 aromatic carbocycles. The molecule has 18 heavy (non-hydrogen) atoms. The zero-order valence-corrected chi connectivity index (χ0v) is 13.6. The molecule has 0 radical (unpaired) electrons. The number of nitrogens with zero attached hydrogens (tertiary/aromatic N) is 1. The maximum Gasteiger partial charge on any atom is 0.132 e. The molecule has 0 aliphatic heterocycles. The van der Waals surface area contributed by atoms with Crippen LogP contribution in [0.25, 0.3) is 10.9 Å². The van der Waals surface area contributed by atoms with Crippen LogP contribution in [0.4, 0.5) is 0 Å². The highest BCUT2D eigenvalue weighted by Gasteiger charge is 2.18. The number of ether oxygens (including phenoxy) is 1. The first kappa shape index (κ1) is 12.7. The molecule has 2 aromatic rings. The van der Waals surface area contributed by atoms with Gasteiger partial charge in [0.1, 0.15) is 9.45 Å². The molecule has 0 bridgehead atoms. The lowest BCUT2D eigenvalue weighted by molar-refractivity contribution is 0.157. The van der Waals surface area contributed by atoms with Crippen LogP contribution in [0.1, 0.15) is 32.1 Å². The summed E-state index contributed by atoms with van der Waals surface area (Å²) in [6.45, 7) is 0. The fourth-order valence-electron chi connectivity index (χ4n) is 2.50. The van der Waals surface area contributed by atoms with Crippen molar-refractivity contribution in [3.63, 3.8) is 0 Å². The second-order valence-electron chi connectivity index (χ2n) is 4.71. The van der Waals surface area contributed by atoms with Crippen molar-refractivity contribution in [2.75, 3.05) is 0 Å². The smallest absolute Gasteiger partial charge is 0.132 e. The summed E-state index contributed by atoms with van der Waals surface area (Å²) >= 11 is 5.79. The summed E-state index contributed by atoms with van der Waals surface area (Å²) < 4.78 is 8.25. The van der Waals surface area contributed by atoms with Gasteiger partial charge in [-0.1, -0.05) is 22.4 Å². The molecule has 1 N–H and O–H groups in total. The lowest BCUT2D eigenvalue weighted by Crippen LogP contribution is -2.19. The van der Waals surface area contributed by atoms with E-state index in [0.717, 1.165) is 24.8 Å². The first-order valence-electron chi connectivity index (χ1n) is 6.24. The highest BCUT2D eigenvalue weighted by Crippen LogP contribution is 2.34. The summed E-state index contributed by atoms with van der Waals surface area (Å²) in [4.78, 5) is 0. The summed E-state index contributed by atoms with van der Waals surface area (Å²) in [5, 5.41) is 8.41. The monoisotopic (exact) mass is 420 g/mol. The SMILES string of the molecule is Brc1cc(OC2CCCCC2)c2c(I)[nH]nc2c1. The molecule has 0 unspecified atom stereocenters. The van der Waals surface area contributed by atoms with Crippen molar-refractivity contribution >= 4 is 49.4 Å². The molecule has 0 amide bonds. The van der Waals surface area contributed by atoms with Crippen LogP contribution >= 0.6 is 38.5 Å². The third-order valence-corrected chi connectivity index (χ3v) is 4.62. The Labute approximate surface area is 128 Å². The van der Waals surface area contributed by atoms with Gasteiger partial charge in [-0.2, -0.15) is 5.10 Å². The van der Waals surface area contributed by atoms with Crippen LogP contribution in [0, 0.1) is 3.70 Å². The van der Waals surface area contributed by atoms with Crippen LogP contribution in [0.15, 0.2) is 16.6 Å². The third-order valence-electron chi connectivity index (χ3n) is 3.39. The lowest BCUT2D eigenvalue weighted by Gasteiger charge is -2.23. The Kier molecular flexibility index (Phi) is 3.79. The van der Waals surface area contributed by atoms with Crippen LogP contribution in [0.5, 0.6) is 5.75 Å². The van der Waals surface area contributed by atoms with Crippen LogP contribution < -0.4 is 4.74 Å². The number of hydrogen-bond donors (Lipinski definition) is 1. The maximum atomic E-state index is 6.19. The minimum Gasteiger partial charge on any atom is -0.490 e. The standard InChI is InChI=1S/C13H14BrIN2O/c14-8-6-10-12(13(15)17-16-10)11(7-8)18-9-4-2-1-3-5-9/h6-7,9H,1-5H2,(H,16,17). The van der Waals surface area contributed by atoms with E-state index in [1.807, 2.05) is 6.07 Å². The topological polar surface area (TPSA) is 37.9 Å². The Morgan fingerprint density at radius 1 is 1.28 bits per heavy atom.